The van der Waals surface area contributed by atoms with Gasteiger partial charge in [0.25, 0.3) is 0 Å². The van der Waals surface area contributed by atoms with Gasteiger partial charge in [-0.1, -0.05) is 26.7 Å². The van der Waals surface area contributed by atoms with E-state index in [4.69, 9.17) is 5.73 Å². The molecule has 3 nitrogen and oxygen atoms in total. The summed E-state index contributed by atoms with van der Waals surface area (Å²) in [6.45, 7) is 7.05. The maximum atomic E-state index is 11.9. The molecular formula is C13H26N2O. The molecule has 0 heterocycles. The van der Waals surface area contributed by atoms with E-state index in [1.165, 1.54) is 12.8 Å². The van der Waals surface area contributed by atoms with Gasteiger partial charge in [-0.3, -0.25) is 4.79 Å². The number of nitrogens with one attached hydrogen (secondary N) is 1. The van der Waals surface area contributed by atoms with Crippen molar-refractivity contribution in [3.63, 3.8) is 0 Å². The van der Waals surface area contributed by atoms with E-state index in [-0.39, 0.29) is 17.4 Å². The highest BCUT2D eigenvalue weighted by Crippen LogP contribution is 2.44. The molecule has 0 aromatic heterocycles. The fraction of sp³-hybridized carbons (Fsp3) is 0.923. The lowest BCUT2D eigenvalue weighted by atomic mass is 10.0. The van der Waals surface area contributed by atoms with Crippen LogP contribution in [-0.2, 0) is 4.79 Å². The van der Waals surface area contributed by atoms with Crippen LogP contribution in [0.1, 0.15) is 52.9 Å². The normalized spacial score (nSPS) is 19.6. The van der Waals surface area contributed by atoms with Crippen molar-refractivity contribution in [3.8, 4) is 0 Å². The summed E-state index contributed by atoms with van der Waals surface area (Å²) in [4.78, 5) is 11.9. The molecule has 0 aromatic rings. The van der Waals surface area contributed by atoms with Gasteiger partial charge in [0.2, 0.25) is 5.91 Å². The largest absolute Gasteiger partial charge is 0.353 e. The molecule has 0 radical (unpaired) electrons. The Kier molecular flexibility index (Phi) is 4.78. The topological polar surface area (TPSA) is 55.1 Å². The SMILES string of the molecule is CC(C)CCCC(C)NC(=O)C1(CN)CC1. The number of rotatable bonds is 7. The molecule has 0 aromatic carbocycles. The molecule has 94 valence electrons. The minimum atomic E-state index is -0.202. The highest BCUT2D eigenvalue weighted by molar-refractivity contribution is 5.85. The van der Waals surface area contributed by atoms with Crippen molar-refractivity contribution in [2.24, 2.45) is 17.1 Å². The number of hydrogen-bond donors (Lipinski definition) is 2. The predicted octanol–water partition coefficient (Wildman–Crippen LogP) is 2.06. The van der Waals surface area contributed by atoms with Gasteiger partial charge in [-0.25, -0.2) is 0 Å². The smallest absolute Gasteiger partial charge is 0.227 e. The fourth-order valence-electron chi connectivity index (χ4n) is 1.96. The number of amides is 1. The van der Waals surface area contributed by atoms with Gasteiger partial charge < -0.3 is 11.1 Å². The van der Waals surface area contributed by atoms with Crippen molar-refractivity contribution >= 4 is 5.91 Å². The quantitative estimate of drug-likeness (QED) is 0.698. The minimum Gasteiger partial charge on any atom is -0.353 e. The lowest BCUT2D eigenvalue weighted by Gasteiger charge is -2.18. The average Bonchev–Trinajstić information content (AvgIpc) is 2.97. The summed E-state index contributed by atoms with van der Waals surface area (Å²) < 4.78 is 0. The molecule has 1 fully saturated rings. The van der Waals surface area contributed by atoms with Crippen LogP contribution in [0.3, 0.4) is 0 Å². The third kappa shape index (κ3) is 3.78. The second-order valence-corrected chi connectivity index (χ2v) is 5.68. The van der Waals surface area contributed by atoms with Crippen molar-refractivity contribution in [1.29, 1.82) is 0 Å². The first-order valence-corrected chi connectivity index (χ1v) is 6.51. The monoisotopic (exact) mass is 226 g/mol. The van der Waals surface area contributed by atoms with Crippen molar-refractivity contribution < 1.29 is 4.79 Å². The maximum absolute atomic E-state index is 11.9. The first-order valence-electron chi connectivity index (χ1n) is 6.51. The highest BCUT2D eigenvalue weighted by atomic mass is 16.2. The Balaban J connectivity index is 2.19. The van der Waals surface area contributed by atoms with Gasteiger partial charge in [-0.2, -0.15) is 0 Å². The molecular weight excluding hydrogens is 200 g/mol. The third-order valence-electron chi connectivity index (χ3n) is 3.52. The summed E-state index contributed by atoms with van der Waals surface area (Å²) >= 11 is 0. The van der Waals surface area contributed by atoms with Crippen LogP contribution in [0.25, 0.3) is 0 Å². The summed E-state index contributed by atoms with van der Waals surface area (Å²) in [5, 5.41) is 3.09. The van der Waals surface area contributed by atoms with Gasteiger partial charge in [0.1, 0.15) is 0 Å². The van der Waals surface area contributed by atoms with Crippen LogP contribution in [0, 0.1) is 11.3 Å². The highest BCUT2D eigenvalue weighted by Gasteiger charge is 2.48. The van der Waals surface area contributed by atoms with E-state index in [1.54, 1.807) is 0 Å². The molecule has 1 aliphatic rings. The van der Waals surface area contributed by atoms with Gasteiger partial charge in [0.05, 0.1) is 5.41 Å². The van der Waals surface area contributed by atoms with Crippen molar-refractivity contribution in [2.45, 2.75) is 58.9 Å². The van der Waals surface area contributed by atoms with Gasteiger partial charge in [-0.05, 0) is 32.1 Å². The van der Waals surface area contributed by atoms with E-state index < -0.39 is 0 Å². The zero-order valence-electron chi connectivity index (χ0n) is 10.9. The Morgan fingerprint density at radius 1 is 1.31 bits per heavy atom. The van der Waals surface area contributed by atoms with Crippen molar-refractivity contribution in [3.05, 3.63) is 0 Å². The van der Waals surface area contributed by atoms with E-state index in [0.717, 1.165) is 25.2 Å². The Labute approximate surface area is 99.2 Å². The molecule has 3 heteroatoms. The van der Waals surface area contributed by atoms with E-state index in [2.05, 4.69) is 26.1 Å². The zero-order chi connectivity index (χ0) is 12.2. The Hall–Kier alpha value is -0.570. The zero-order valence-corrected chi connectivity index (χ0v) is 10.9. The number of carbonyl (C=O) groups excluding carboxylic acids is 1. The molecule has 1 atom stereocenters. The summed E-state index contributed by atoms with van der Waals surface area (Å²) in [7, 11) is 0. The van der Waals surface area contributed by atoms with Gasteiger partial charge in [0, 0.05) is 12.6 Å². The summed E-state index contributed by atoms with van der Waals surface area (Å²) in [6.07, 6.45) is 5.43. The van der Waals surface area contributed by atoms with E-state index in [1.807, 2.05) is 0 Å². The van der Waals surface area contributed by atoms with Gasteiger partial charge in [0.15, 0.2) is 0 Å². The fourth-order valence-corrected chi connectivity index (χ4v) is 1.96. The Morgan fingerprint density at radius 2 is 1.94 bits per heavy atom. The molecule has 1 aliphatic carbocycles. The van der Waals surface area contributed by atoms with Crippen LogP contribution in [0.15, 0.2) is 0 Å². The maximum Gasteiger partial charge on any atom is 0.227 e. The Morgan fingerprint density at radius 3 is 2.38 bits per heavy atom. The standard InChI is InChI=1S/C13H26N2O/c1-10(2)5-4-6-11(3)15-12(16)13(9-14)7-8-13/h10-11H,4-9,14H2,1-3H3,(H,15,16). The van der Waals surface area contributed by atoms with Crippen LogP contribution >= 0.6 is 0 Å². The molecule has 16 heavy (non-hydrogen) atoms. The molecule has 1 rings (SSSR count). The molecule has 3 N–H and O–H groups in total. The van der Waals surface area contributed by atoms with Crippen LogP contribution in [0.2, 0.25) is 0 Å². The molecule has 0 saturated heterocycles. The second-order valence-electron chi connectivity index (χ2n) is 5.68. The molecule has 1 amide bonds. The van der Waals surface area contributed by atoms with Crippen LogP contribution in [0.4, 0.5) is 0 Å². The summed E-state index contributed by atoms with van der Waals surface area (Å²) in [6, 6.07) is 0.287. The van der Waals surface area contributed by atoms with Crippen LogP contribution in [0.5, 0.6) is 0 Å². The van der Waals surface area contributed by atoms with Crippen molar-refractivity contribution in [2.75, 3.05) is 6.54 Å². The van der Waals surface area contributed by atoms with E-state index in [0.29, 0.717) is 6.54 Å². The predicted molar refractivity (Wildman–Crippen MR) is 67.0 cm³/mol. The number of carbonyl (C=O) groups is 1. The van der Waals surface area contributed by atoms with Crippen molar-refractivity contribution in [1.82, 2.24) is 5.32 Å². The lowest BCUT2D eigenvalue weighted by molar-refractivity contribution is -0.126. The van der Waals surface area contributed by atoms with Gasteiger partial charge in [-0.15, -0.1) is 0 Å². The third-order valence-corrected chi connectivity index (χ3v) is 3.52. The second kappa shape index (κ2) is 5.67. The molecule has 1 unspecified atom stereocenters. The first-order chi connectivity index (χ1) is 7.50. The molecule has 0 spiro atoms. The number of nitrogens with two attached hydrogens (primary N) is 1. The average molecular weight is 226 g/mol. The van der Waals surface area contributed by atoms with Gasteiger partial charge >= 0.3 is 0 Å². The van der Waals surface area contributed by atoms with E-state index >= 15 is 0 Å². The molecule has 0 bridgehead atoms. The van der Waals surface area contributed by atoms with Crippen LogP contribution in [-0.4, -0.2) is 18.5 Å². The minimum absolute atomic E-state index is 0.173. The Bertz CT molecular complexity index is 234. The summed E-state index contributed by atoms with van der Waals surface area (Å²) in [5.41, 5.74) is 5.42. The van der Waals surface area contributed by atoms with E-state index in [9.17, 15) is 4.79 Å². The molecule has 1 saturated carbocycles. The number of hydrogen-bond acceptors (Lipinski definition) is 2. The first kappa shape index (κ1) is 13.5. The molecule has 0 aliphatic heterocycles. The van der Waals surface area contributed by atoms with Crippen LogP contribution < -0.4 is 11.1 Å². The summed E-state index contributed by atoms with van der Waals surface area (Å²) in [5.74, 6) is 0.925. The lowest BCUT2D eigenvalue weighted by Crippen LogP contribution is -2.41.